The third kappa shape index (κ3) is 2.08. The van der Waals surface area contributed by atoms with Crippen LogP contribution in [0, 0.1) is 0 Å². The number of rotatable bonds is 4. The molecule has 0 N–H and O–H groups in total. The Balaban J connectivity index is 1.84. The van der Waals surface area contributed by atoms with Crippen molar-refractivity contribution in [3.05, 3.63) is 21.9 Å². The first-order chi connectivity index (χ1) is 5.88. The Morgan fingerprint density at radius 1 is 1.50 bits per heavy atom. The van der Waals surface area contributed by atoms with Crippen molar-refractivity contribution in [2.75, 3.05) is 6.61 Å². The molecule has 0 amide bonds. The minimum Gasteiger partial charge on any atom is -0.373 e. The van der Waals surface area contributed by atoms with Crippen LogP contribution in [0.5, 0.6) is 0 Å². The Kier molecular flexibility index (Phi) is 2.47. The van der Waals surface area contributed by atoms with Gasteiger partial charge >= 0.3 is 0 Å². The highest BCUT2D eigenvalue weighted by Gasteiger charge is 2.21. The molecule has 0 spiro atoms. The Morgan fingerprint density at radius 3 is 2.83 bits per heavy atom. The number of thiophene rings is 1. The SMILES string of the molecule is CCc1ccc(CCC2CO2)s1. The summed E-state index contributed by atoms with van der Waals surface area (Å²) < 4.78 is 5.17. The van der Waals surface area contributed by atoms with E-state index in [1.807, 2.05) is 11.3 Å². The van der Waals surface area contributed by atoms with E-state index < -0.39 is 0 Å². The Hall–Kier alpha value is -0.340. The van der Waals surface area contributed by atoms with Gasteiger partial charge in [0.15, 0.2) is 0 Å². The van der Waals surface area contributed by atoms with Crippen LogP contribution in [-0.2, 0) is 17.6 Å². The van der Waals surface area contributed by atoms with Gasteiger partial charge in [-0.3, -0.25) is 0 Å². The number of ether oxygens (including phenoxy) is 1. The molecule has 2 rings (SSSR count). The second kappa shape index (κ2) is 3.58. The average molecular weight is 182 g/mol. The molecule has 1 saturated heterocycles. The van der Waals surface area contributed by atoms with E-state index in [1.165, 1.54) is 29.0 Å². The van der Waals surface area contributed by atoms with Crippen molar-refractivity contribution in [3.63, 3.8) is 0 Å². The second-order valence-electron chi connectivity index (χ2n) is 3.22. The lowest BCUT2D eigenvalue weighted by Crippen LogP contribution is -1.87. The van der Waals surface area contributed by atoms with Gasteiger partial charge in [-0.2, -0.15) is 0 Å². The number of hydrogen-bond donors (Lipinski definition) is 0. The molecule has 1 aromatic heterocycles. The molecule has 0 aliphatic carbocycles. The molecule has 0 bridgehead atoms. The lowest BCUT2D eigenvalue weighted by atomic mass is 10.2. The molecule has 1 nitrogen and oxygen atoms in total. The van der Waals surface area contributed by atoms with Gasteiger partial charge in [-0.15, -0.1) is 11.3 Å². The van der Waals surface area contributed by atoms with Crippen molar-refractivity contribution in [2.45, 2.75) is 32.3 Å². The van der Waals surface area contributed by atoms with E-state index in [2.05, 4.69) is 19.1 Å². The monoisotopic (exact) mass is 182 g/mol. The highest BCUT2D eigenvalue weighted by molar-refractivity contribution is 7.11. The van der Waals surface area contributed by atoms with Crippen LogP contribution in [0.3, 0.4) is 0 Å². The van der Waals surface area contributed by atoms with Gasteiger partial charge in [-0.25, -0.2) is 0 Å². The van der Waals surface area contributed by atoms with Gasteiger partial charge in [0, 0.05) is 9.75 Å². The second-order valence-corrected chi connectivity index (χ2v) is 4.47. The van der Waals surface area contributed by atoms with Crippen LogP contribution in [-0.4, -0.2) is 12.7 Å². The summed E-state index contributed by atoms with van der Waals surface area (Å²) in [4.78, 5) is 3.02. The molecule has 1 atom stereocenters. The standard InChI is InChI=1S/C10H14OS/c1-2-9-5-6-10(12-9)4-3-8-7-11-8/h5-6,8H,2-4,7H2,1H3. The summed E-state index contributed by atoms with van der Waals surface area (Å²) >= 11 is 1.95. The minimum atomic E-state index is 0.581. The van der Waals surface area contributed by atoms with Crippen molar-refractivity contribution in [1.29, 1.82) is 0 Å². The molecule has 1 aliphatic rings. The van der Waals surface area contributed by atoms with Crippen LogP contribution < -0.4 is 0 Å². The van der Waals surface area contributed by atoms with E-state index in [-0.39, 0.29) is 0 Å². The van der Waals surface area contributed by atoms with Crippen LogP contribution in [0.1, 0.15) is 23.1 Å². The van der Waals surface area contributed by atoms with Crippen molar-refractivity contribution in [2.24, 2.45) is 0 Å². The predicted octanol–water partition coefficient (Wildman–Crippen LogP) is 2.64. The third-order valence-electron chi connectivity index (χ3n) is 2.18. The molecule has 0 radical (unpaired) electrons. The fraction of sp³-hybridized carbons (Fsp3) is 0.600. The van der Waals surface area contributed by atoms with Gasteiger partial charge in [0.05, 0.1) is 12.7 Å². The first kappa shape index (κ1) is 8.27. The predicted molar refractivity (Wildman–Crippen MR) is 51.8 cm³/mol. The molecule has 1 unspecified atom stereocenters. The first-order valence-corrected chi connectivity index (χ1v) is 5.39. The normalized spacial score (nSPS) is 21.2. The summed E-state index contributed by atoms with van der Waals surface area (Å²) in [5.74, 6) is 0. The van der Waals surface area contributed by atoms with Crippen LogP contribution in [0.25, 0.3) is 0 Å². The van der Waals surface area contributed by atoms with E-state index in [1.54, 1.807) is 0 Å². The summed E-state index contributed by atoms with van der Waals surface area (Å²) in [7, 11) is 0. The highest BCUT2D eigenvalue weighted by Crippen LogP contribution is 2.22. The first-order valence-electron chi connectivity index (χ1n) is 4.57. The van der Waals surface area contributed by atoms with Crippen LogP contribution in [0.2, 0.25) is 0 Å². The topological polar surface area (TPSA) is 12.5 Å². The van der Waals surface area contributed by atoms with Crippen LogP contribution in [0.15, 0.2) is 12.1 Å². The third-order valence-corrected chi connectivity index (χ3v) is 3.47. The summed E-state index contributed by atoms with van der Waals surface area (Å²) in [5.41, 5.74) is 0. The number of epoxide rings is 1. The van der Waals surface area contributed by atoms with Gasteiger partial charge in [-0.05, 0) is 31.4 Å². The zero-order valence-electron chi connectivity index (χ0n) is 7.38. The maximum Gasteiger partial charge on any atom is 0.0813 e. The van der Waals surface area contributed by atoms with Crippen LogP contribution in [0.4, 0.5) is 0 Å². The molecule has 2 heteroatoms. The molecule has 0 saturated carbocycles. The van der Waals surface area contributed by atoms with Gasteiger partial charge in [0.2, 0.25) is 0 Å². The van der Waals surface area contributed by atoms with E-state index >= 15 is 0 Å². The van der Waals surface area contributed by atoms with Crippen molar-refractivity contribution >= 4 is 11.3 Å². The van der Waals surface area contributed by atoms with E-state index in [4.69, 9.17) is 4.74 Å². The van der Waals surface area contributed by atoms with Crippen LogP contribution >= 0.6 is 11.3 Å². The smallest absolute Gasteiger partial charge is 0.0813 e. The van der Waals surface area contributed by atoms with Gasteiger partial charge in [0.25, 0.3) is 0 Å². The molecular formula is C10H14OS. The molecule has 1 fully saturated rings. The summed E-state index contributed by atoms with van der Waals surface area (Å²) in [6.07, 6.45) is 4.17. The van der Waals surface area contributed by atoms with E-state index in [9.17, 15) is 0 Å². The zero-order chi connectivity index (χ0) is 8.39. The molecular weight excluding hydrogens is 168 g/mol. The Bertz CT molecular complexity index is 250. The summed E-state index contributed by atoms with van der Waals surface area (Å²) in [6.45, 7) is 3.20. The molecule has 1 aromatic rings. The minimum absolute atomic E-state index is 0.581. The fourth-order valence-corrected chi connectivity index (χ4v) is 2.26. The Morgan fingerprint density at radius 2 is 2.25 bits per heavy atom. The van der Waals surface area contributed by atoms with E-state index in [0.29, 0.717) is 6.10 Å². The highest BCUT2D eigenvalue weighted by atomic mass is 32.1. The molecule has 12 heavy (non-hydrogen) atoms. The van der Waals surface area contributed by atoms with Crippen molar-refractivity contribution in [3.8, 4) is 0 Å². The van der Waals surface area contributed by atoms with Crippen molar-refractivity contribution in [1.82, 2.24) is 0 Å². The number of aryl methyl sites for hydroxylation is 2. The maximum atomic E-state index is 5.17. The zero-order valence-corrected chi connectivity index (χ0v) is 8.19. The molecule has 0 aromatic carbocycles. The van der Waals surface area contributed by atoms with Gasteiger partial charge in [-0.1, -0.05) is 6.92 Å². The molecule has 1 aliphatic heterocycles. The Labute approximate surface area is 77.4 Å². The summed E-state index contributed by atoms with van der Waals surface area (Å²) in [5, 5.41) is 0. The lowest BCUT2D eigenvalue weighted by molar-refractivity contribution is 0.397. The van der Waals surface area contributed by atoms with Gasteiger partial charge < -0.3 is 4.74 Å². The molecule has 66 valence electrons. The quantitative estimate of drug-likeness (QED) is 0.652. The number of hydrogen-bond acceptors (Lipinski definition) is 2. The van der Waals surface area contributed by atoms with Crippen molar-refractivity contribution < 1.29 is 4.74 Å². The molecule has 2 heterocycles. The maximum absolute atomic E-state index is 5.17. The van der Waals surface area contributed by atoms with E-state index in [0.717, 1.165) is 6.61 Å². The van der Waals surface area contributed by atoms with Gasteiger partial charge in [0.1, 0.15) is 0 Å². The summed E-state index contributed by atoms with van der Waals surface area (Å²) in [6, 6.07) is 4.50. The largest absolute Gasteiger partial charge is 0.373 e. The fourth-order valence-electron chi connectivity index (χ4n) is 1.28. The average Bonchev–Trinajstić information content (AvgIpc) is 2.81. The lowest BCUT2D eigenvalue weighted by Gasteiger charge is -1.91.